The van der Waals surface area contributed by atoms with Crippen molar-refractivity contribution in [3.63, 3.8) is 0 Å². The Morgan fingerprint density at radius 2 is 1.44 bits per heavy atom. The minimum atomic E-state index is 0.665. The summed E-state index contributed by atoms with van der Waals surface area (Å²) >= 11 is 8.87. The molecule has 0 radical (unpaired) electrons. The van der Waals surface area contributed by atoms with Gasteiger partial charge in [-0.15, -0.1) is 47.0 Å². The third-order valence-corrected chi connectivity index (χ3v) is 11.0. The maximum atomic E-state index is 2.28. The Morgan fingerprint density at radius 1 is 0.833 bits per heavy atom. The van der Waals surface area contributed by atoms with Crippen LogP contribution in [0.25, 0.3) is 0 Å². The van der Waals surface area contributed by atoms with E-state index >= 15 is 0 Å². The molecule has 0 unspecified atom stereocenters. The van der Waals surface area contributed by atoms with Gasteiger partial charge in [-0.1, -0.05) is 0 Å². The van der Waals surface area contributed by atoms with E-state index < -0.39 is 0 Å². The average Bonchev–Trinajstić information content (AvgIpc) is 3.06. The third-order valence-electron chi connectivity index (χ3n) is 4.69. The fraction of sp³-hybridized carbons (Fsp3) is 0.857. The van der Waals surface area contributed by atoms with Crippen molar-refractivity contribution >= 4 is 47.0 Å². The van der Waals surface area contributed by atoms with E-state index in [1.165, 1.54) is 55.1 Å². The first-order chi connectivity index (χ1) is 8.85. The molecule has 4 rings (SSSR count). The topological polar surface area (TPSA) is 0 Å². The van der Waals surface area contributed by atoms with Crippen molar-refractivity contribution in [1.29, 1.82) is 0 Å². The van der Waals surface area contributed by atoms with Gasteiger partial charge in [-0.3, -0.25) is 0 Å². The fourth-order valence-corrected chi connectivity index (χ4v) is 10.2. The van der Waals surface area contributed by atoms with Gasteiger partial charge in [0, 0.05) is 15.7 Å². The zero-order valence-corrected chi connectivity index (χ0v) is 13.9. The average molecular weight is 317 g/mol. The summed E-state index contributed by atoms with van der Waals surface area (Å²) in [5.41, 5.74) is 1.85. The van der Waals surface area contributed by atoms with Gasteiger partial charge < -0.3 is 0 Å². The van der Waals surface area contributed by atoms with Crippen LogP contribution in [0, 0.1) is 11.8 Å². The molecule has 18 heavy (non-hydrogen) atoms. The van der Waals surface area contributed by atoms with Crippen LogP contribution in [-0.4, -0.2) is 27.1 Å². The van der Waals surface area contributed by atoms with E-state index in [4.69, 9.17) is 0 Å². The molecule has 2 saturated carbocycles. The largest absolute Gasteiger partial charge is 0.143 e. The smallest absolute Gasteiger partial charge is 0.0617 e. The minimum absolute atomic E-state index is 0.665. The summed E-state index contributed by atoms with van der Waals surface area (Å²) in [6.45, 7) is 0. The third kappa shape index (κ3) is 2.29. The summed E-state index contributed by atoms with van der Waals surface area (Å²) in [4.78, 5) is 0. The van der Waals surface area contributed by atoms with Crippen molar-refractivity contribution in [1.82, 2.24) is 0 Å². The Bertz CT molecular complexity index is 344. The second-order valence-electron chi connectivity index (χ2n) is 5.89. The Morgan fingerprint density at radius 3 is 2.06 bits per heavy atom. The van der Waals surface area contributed by atoms with E-state index in [0.717, 1.165) is 11.8 Å². The molecule has 2 aliphatic heterocycles. The molecule has 0 aromatic carbocycles. The minimum Gasteiger partial charge on any atom is -0.143 e. The monoisotopic (exact) mass is 316 g/mol. The van der Waals surface area contributed by atoms with Crippen LogP contribution in [0.3, 0.4) is 0 Å². The Hall–Kier alpha value is 1.14. The van der Waals surface area contributed by atoms with Crippen molar-refractivity contribution in [2.24, 2.45) is 11.8 Å². The van der Waals surface area contributed by atoms with Crippen LogP contribution in [-0.2, 0) is 0 Å². The van der Waals surface area contributed by atoms with Crippen LogP contribution in [0.15, 0.2) is 9.81 Å². The Labute approximate surface area is 127 Å². The van der Waals surface area contributed by atoms with Gasteiger partial charge in [0.15, 0.2) is 0 Å². The molecule has 100 valence electrons. The molecular formula is C14H20S4. The van der Waals surface area contributed by atoms with E-state index in [9.17, 15) is 0 Å². The molecule has 0 aromatic rings. The maximum Gasteiger partial charge on any atom is 0.0617 e. The van der Waals surface area contributed by atoms with E-state index in [1.807, 2.05) is 5.57 Å². The van der Waals surface area contributed by atoms with Crippen molar-refractivity contribution in [2.75, 3.05) is 23.0 Å². The van der Waals surface area contributed by atoms with E-state index in [1.54, 1.807) is 4.24 Å². The van der Waals surface area contributed by atoms with Crippen molar-refractivity contribution in [3.05, 3.63) is 9.81 Å². The fourth-order valence-electron chi connectivity index (χ4n) is 3.94. The molecule has 1 spiro atoms. The lowest BCUT2D eigenvalue weighted by Crippen LogP contribution is -2.12. The lowest BCUT2D eigenvalue weighted by molar-refractivity contribution is 0.457. The first-order valence-electron chi connectivity index (χ1n) is 7.10. The summed E-state index contributed by atoms with van der Waals surface area (Å²) in [5, 5.41) is 0. The zero-order chi connectivity index (χ0) is 12.0. The second kappa shape index (κ2) is 5.16. The van der Waals surface area contributed by atoms with Gasteiger partial charge in [0.25, 0.3) is 0 Å². The quantitative estimate of drug-likeness (QED) is 0.612. The summed E-state index contributed by atoms with van der Waals surface area (Å²) in [5.74, 6) is 7.63. The molecule has 0 nitrogen and oxygen atoms in total. The lowest BCUT2D eigenvalue weighted by atomic mass is 10.0. The van der Waals surface area contributed by atoms with Crippen molar-refractivity contribution < 1.29 is 0 Å². The summed E-state index contributed by atoms with van der Waals surface area (Å²) in [7, 11) is 0. The van der Waals surface area contributed by atoms with E-state index in [-0.39, 0.29) is 0 Å². The van der Waals surface area contributed by atoms with Crippen LogP contribution >= 0.6 is 47.0 Å². The number of fused-ring (bicyclic) bond motifs is 1. The van der Waals surface area contributed by atoms with Crippen molar-refractivity contribution in [3.8, 4) is 0 Å². The second-order valence-corrected chi connectivity index (χ2v) is 11.6. The molecule has 2 atom stereocenters. The first kappa shape index (κ1) is 12.8. The van der Waals surface area contributed by atoms with E-state index in [0.29, 0.717) is 4.08 Å². The highest BCUT2D eigenvalue weighted by atomic mass is 32.2. The molecule has 0 bridgehead atoms. The summed E-state index contributed by atoms with van der Waals surface area (Å²) in [6, 6.07) is 0. The van der Waals surface area contributed by atoms with Gasteiger partial charge in [0.1, 0.15) is 0 Å². The molecule has 4 fully saturated rings. The SMILES string of the molecule is C1CSC(=C2C[C@@H]3CC4(C[C@@H]3C2)SCCS4)SC1. The highest BCUT2D eigenvalue weighted by molar-refractivity contribution is 8.22. The number of hydrogen-bond donors (Lipinski definition) is 0. The predicted octanol–water partition coefficient (Wildman–Crippen LogP) is 5.06. The van der Waals surface area contributed by atoms with Crippen molar-refractivity contribution in [2.45, 2.75) is 36.2 Å². The highest BCUT2D eigenvalue weighted by Gasteiger charge is 2.50. The van der Waals surface area contributed by atoms with Crippen LogP contribution in [0.2, 0.25) is 0 Å². The van der Waals surface area contributed by atoms with Crippen LogP contribution in [0.5, 0.6) is 0 Å². The zero-order valence-electron chi connectivity index (χ0n) is 10.7. The number of rotatable bonds is 0. The van der Waals surface area contributed by atoms with Gasteiger partial charge in [0.2, 0.25) is 0 Å². The number of thioether (sulfide) groups is 4. The van der Waals surface area contributed by atoms with E-state index in [2.05, 4.69) is 47.0 Å². The molecule has 2 aliphatic carbocycles. The van der Waals surface area contributed by atoms with Gasteiger partial charge in [-0.25, -0.2) is 0 Å². The number of hydrogen-bond acceptors (Lipinski definition) is 4. The summed E-state index contributed by atoms with van der Waals surface area (Å²) < 4.78 is 2.40. The molecule has 2 saturated heterocycles. The van der Waals surface area contributed by atoms with Gasteiger partial charge in [-0.05, 0) is 61.0 Å². The molecule has 4 aliphatic rings. The molecule has 0 amide bonds. The van der Waals surface area contributed by atoms with Gasteiger partial charge >= 0.3 is 0 Å². The molecule has 0 aromatic heterocycles. The molecular weight excluding hydrogens is 296 g/mol. The number of allylic oxidation sites excluding steroid dienone is 1. The molecule has 4 heteroatoms. The molecule has 2 heterocycles. The standard InChI is InChI=1S/C14H20S4/c1-2-15-13(16-3-1)10-6-11-8-14(9-12(11)7-10)17-4-5-18-14/h11-12H,1-9H2/t11-,12+. The van der Waals surface area contributed by atoms with Crippen LogP contribution in [0.4, 0.5) is 0 Å². The highest BCUT2D eigenvalue weighted by Crippen LogP contribution is 2.63. The maximum absolute atomic E-state index is 2.28. The Kier molecular flexibility index (Phi) is 3.68. The molecule has 0 N–H and O–H groups in total. The lowest BCUT2D eigenvalue weighted by Gasteiger charge is -2.23. The summed E-state index contributed by atoms with van der Waals surface area (Å²) in [6.07, 6.45) is 7.33. The van der Waals surface area contributed by atoms with Gasteiger partial charge in [-0.2, -0.15) is 0 Å². The predicted molar refractivity (Wildman–Crippen MR) is 89.7 cm³/mol. The van der Waals surface area contributed by atoms with Crippen LogP contribution < -0.4 is 0 Å². The first-order valence-corrected chi connectivity index (χ1v) is 11.0. The van der Waals surface area contributed by atoms with Crippen LogP contribution in [0.1, 0.15) is 32.1 Å². The normalized spacial score (nSPS) is 38.7. The Balaban J connectivity index is 1.47. The van der Waals surface area contributed by atoms with Gasteiger partial charge in [0.05, 0.1) is 4.08 Å².